The monoisotopic (exact) mass is 460 g/mol. The third-order valence-electron chi connectivity index (χ3n) is 0. The predicted molar refractivity (Wildman–Crippen MR) is 40.8 cm³/mol. The van der Waals surface area contributed by atoms with Crippen molar-refractivity contribution in [3.05, 3.63) is 0 Å². The molecule has 76 valence electrons. The predicted octanol–water partition coefficient (Wildman–Crippen LogP) is -8.41. The third kappa shape index (κ3) is 289. The van der Waals surface area contributed by atoms with Crippen molar-refractivity contribution in [1.82, 2.24) is 0 Å². The summed E-state index contributed by atoms with van der Waals surface area (Å²) in [5.74, 6) is 0. The van der Waals surface area contributed by atoms with E-state index in [4.69, 9.17) is 38.5 Å². The molecule has 0 amide bonds. The van der Waals surface area contributed by atoms with Crippen LogP contribution in [0.4, 0.5) is 0 Å². The van der Waals surface area contributed by atoms with E-state index >= 15 is 0 Å². The molecule has 0 aliphatic carbocycles. The maximum Gasteiger partial charge on any atom is 2.00 e. The molecule has 0 aromatic carbocycles. The van der Waals surface area contributed by atoms with Crippen LogP contribution < -0.4 is 29.4 Å². The van der Waals surface area contributed by atoms with Crippen LogP contribution in [0.5, 0.6) is 0 Å². The van der Waals surface area contributed by atoms with Gasteiger partial charge in [0, 0.05) is 0 Å². The molecule has 0 fully saturated rings. The molecule has 0 saturated heterocycles. The Bertz CT molecular complexity index is 141. The average Bonchev–Trinajstić information content (AvgIpc) is 1.12. The minimum absolute atomic E-state index is 0. The summed E-state index contributed by atoms with van der Waals surface area (Å²) in [5.41, 5.74) is 0. The molecule has 0 aromatic rings. The van der Waals surface area contributed by atoms with Crippen LogP contribution in [-0.4, -0.2) is 69.2 Å². The Morgan fingerprint density at radius 1 is 0.500 bits per heavy atom. The van der Waals surface area contributed by atoms with Crippen LogP contribution in [0, 0.1) is 0 Å². The molecule has 0 heterocycles. The minimum Gasteiger partial charge on any atom is -0.822 e. The maximum absolute atomic E-state index is 8.55. The summed E-state index contributed by atoms with van der Waals surface area (Å²) >= 11 is 0. The average molecular weight is 465 g/mol. The van der Waals surface area contributed by atoms with Crippen LogP contribution >= 0.6 is 15.6 Å². The van der Waals surface area contributed by atoms with Gasteiger partial charge in [-0.2, -0.15) is 15.6 Å². The second-order valence-corrected chi connectivity index (χ2v) is 2.68. The summed E-state index contributed by atoms with van der Waals surface area (Å²) in [4.78, 5) is 51.3. The summed E-state index contributed by atoms with van der Waals surface area (Å²) < 4.78 is 17.1. The van der Waals surface area contributed by atoms with Crippen LogP contribution in [0.25, 0.3) is 0 Å². The van der Waals surface area contributed by atoms with E-state index in [0.717, 1.165) is 0 Å². The second-order valence-electron chi connectivity index (χ2n) is 0.894. The van der Waals surface area contributed by atoms with E-state index in [9.17, 15) is 0 Å². The van der Waals surface area contributed by atoms with Crippen molar-refractivity contribution in [2.45, 2.75) is 0 Å². The summed E-state index contributed by atoms with van der Waals surface area (Å²) in [6.07, 6.45) is 0. The van der Waals surface area contributed by atoms with Gasteiger partial charge in [-0.25, -0.2) is 0 Å². The Morgan fingerprint density at radius 3 is 0.500 bits per heavy atom. The zero-order valence-electron chi connectivity index (χ0n) is 6.28. The molecular weight excluding hydrogens is 459 g/mol. The molecule has 0 aliphatic heterocycles. The smallest absolute Gasteiger partial charge is 0.822 e. The van der Waals surface area contributed by atoms with Crippen LogP contribution in [0.1, 0.15) is 0 Å². The fraction of sp³-hybridized carbons (Fsp3) is 0. The van der Waals surface area contributed by atoms with Crippen molar-refractivity contribution in [3.8, 4) is 0 Å². The van der Waals surface area contributed by atoms with Gasteiger partial charge in [0.15, 0.2) is 0 Å². The summed E-state index contributed by atoms with van der Waals surface area (Å²) in [6.45, 7) is 0. The largest absolute Gasteiger partial charge is 2.00 e. The van der Waals surface area contributed by atoms with E-state index in [1.165, 1.54) is 0 Å². The molecule has 0 aliphatic rings. The van der Waals surface area contributed by atoms with Crippen molar-refractivity contribution in [1.29, 1.82) is 0 Å². The Morgan fingerprint density at radius 2 is 0.500 bits per heavy atom. The molecule has 0 rings (SSSR count). The Balaban J connectivity index is -0.00000000970. The van der Waals surface area contributed by atoms with Crippen LogP contribution in [0.2, 0.25) is 0 Å². The van der Waals surface area contributed by atoms with Crippen molar-refractivity contribution >= 4 is 84.8 Å². The van der Waals surface area contributed by atoms with Gasteiger partial charge < -0.3 is 38.5 Å². The number of rotatable bonds is 0. The molecule has 0 saturated carbocycles. The van der Waals surface area contributed by atoms with Gasteiger partial charge in [-0.3, -0.25) is 0 Å². The van der Waals surface area contributed by atoms with Gasteiger partial charge in [0.1, 0.15) is 0 Å². The fourth-order valence-electron chi connectivity index (χ4n) is 0. The van der Waals surface area contributed by atoms with Crippen LogP contribution in [0.15, 0.2) is 0 Å². The third-order valence-corrected chi connectivity index (χ3v) is 0. The first-order chi connectivity index (χ1) is 4.00. The van der Waals surface area contributed by atoms with Gasteiger partial charge in [0.2, 0.25) is 0 Å². The van der Waals surface area contributed by atoms with Crippen molar-refractivity contribution in [2.75, 3.05) is 0 Å². The van der Waals surface area contributed by atoms with Gasteiger partial charge in [0.05, 0.1) is 0 Å². The second kappa shape index (κ2) is 24.4. The van der Waals surface area contributed by atoms with E-state index in [1.807, 2.05) is 0 Å². The number of phosphoric acid groups is 2. The Hall–Kier alpha value is 4.39. The molecule has 0 unspecified atom stereocenters. The molecule has 0 bridgehead atoms. The molecule has 0 spiro atoms. The van der Waals surface area contributed by atoms with E-state index in [-0.39, 0.29) is 128 Å². The Labute approximate surface area is 179 Å². The molecule has 0 aromatic heterocycles. The van der Waals surface area contributed by atoms with E-state index in [0.29, 0.717) is 0 Å². The first kappa shape index (κ1) is 49.9. The molecule has 16 heteroatoms. The zero-order chi connectivity index (χ0) is 9.00. The molecule has 0 N–H and O–H groups in total. The zero-order valence-corrected chi connectivity index (χ0v) is 17.0. The summed E-state index contributed by atoms with van der Waals surface area (Å²) in [5, 5.41) is 0. The first-order valence-electron chi connectivity index (χ1n) is 1.46. The SMILES string of the molecule is O=P([O-])([O-])[O-].O=P([O-])([O-])[O-].[MgH2].[MgH2].[MgH2].[Zn+2].[Zn+2].[Zn+2]. The standard InChI is InChI=1S/3Mg.2H3O4P.3Zn.6H/c;;;2*1-5(2,3)4;;;;;;;;;/h;;;2*(H3,1,2,3,4);;;;;;;;;/q;;;;;3*+2;;;;;;/p-6. The summed E-state index contributed by atoms with van der Waals surface area (Å²) in [6, 6.07) is 0. The summed E-state index contributed by atoms with van der Waals surface area (Å²) in [7, 11) is -10.8. The van der Waals surface area contributed by atoms with Gasteiger partial charge in [-0.15, -0.1) is 0 Å². The van der Waals surface area contributed by atoms with E-state index in [2.05, 4.69) is 0 Å². The molecular formula is H6Mg3O8P2Zn3. The van der Waals surface area contributed by atoms with Crippen LogP contribution in [0.3, 0.4) is 0 Å². The van der Waals surface area contributed by atoms with Crippen molar-refractivity contribution in [2.24, 2.45) is 0 Å². The van der Waals surface area contributed by atoms with Gasteiger partial charge in [-0.05, 0) is 0 Å². The Kier molecular flexibility index (Phi) is 76.2. The van der Waals surface area contributed by atoms with Gasteiger partial charge in [-0.1, -0.05) is 0 Å². The molecule has 0 atom stereocenters. The van der Waals surface area contributed by atoms with Crippen LogP contribution in [-0.2, 0) is 67.6 Å². The topological polar surface area (TPSA) is 172 Å². The molecule has 8 nitrogen and oxygen atoms in total. The number of hydrogen-bond acceptors (Lipinski definition) is 8. The maximum atomic E-state index is 8.55. The van der Waals surface area contributed by atoms with E-state index < -0.39 is 15.6 Å². The quantitative estimate of drug-likeness (QED) is 0.251. The van der Waals surface area contributed by atoms with Crippen molar-refractivity contribution < 1.29 is 96.9 Å². The molecule has 0 radical (unpaired) electrons. The van der Waals surface area contributed by atoms with Crippen molar-refractivity contribution in [3.63, 3.8) is 0 Å². The minimum atomic E-state index is -5.39. The first-order valence-corrected chi connectivity index (χ1v) is 4.38. The normalized spacial score (nSPS) is 7.38. The fourth-order valence-corrected chi connectivity index (χ4v) is 0. The molecule has 16 heavy (non-hydrogen) atoms. The number of hydrogen-bond donors (Lipinski definition) is 0. The van der Waals surface area contributed by atoms with Gasteiger partial charge >= 0.3 is 128 Å². The van der Waals surface area contributed by atoms with Gasteiger partial charge in [0.25, 0.3) is 0 Å². The van der Waals surface area contributed by atoms with E-state index in [1.54, 1.807) is 0 Å².